The van der Waals surface area contributed by atoms with Crippen LogP contribution in [0.3, 0.4) is 0 Å². The average Bonchev–Trinajstić information content (AvgIpc) is 2.52. The maximum absolute atomic E-state index is 10.4. The number of benzene rings is 1. The van der Waals surface area contributed by atoms with Gasteiger partial charge in [-0.3, -0.25) is 0 Å². The number of nitrogens with zero attached hydrogens (tertiary/aromatic N) is 3. The fourth-order valence-electron chi connectivity index (χ4n) is 2.56. The molecule has 2 heterocycles. The van der Waals surface area contributed by atoms with E-state index in [0.717, 1.165) is 5.56 Å². The van der Waals surface area contributed by atoms with Gasteiger partial charge in [-0.25, -0.2) is 0 Å². The quantitative estimate of drug-likeness (QED) is 0.377. The molecule has 0 spiro atoms. The molecule has 0 bridgehead atoms. The number of hydrogen-bond donors (Lipinski definition) is 2. The van der Waals surface area contributed by atoms with E-state index in [4.69, 9.17) is 19.7 Å². The normalized spacial score (nSPS) is 39.1. The Hall–Kier alpha value is -1.28. The second kappa shape index (κ2) is 6.23. The van der Waals surface area contributed by atoms with Crippen LogP contribution in [0.1, 0.15) is 11.9 Å². The molecule has 1 aromatic rings. The molecule has 0 radical (unpaired) electrons. The van der Waals surface area contributed by atoms with Crippen LogP contribution in [0.4, 0.5) is 0 Å². The third-order valence-electron chi connectivity index (χ3n) is 3.61. The zero-order valence-electron chi connectivity index (χ0n) is 11.0. The van der Waals surface area contributed by atoms with Gasteiger partial charge in [0.25, 0.3) is 0 Å². The lowest BCUT2D eigenvalue weighted by Crippen LogP contribution is -2.59. The first kappa shape index (κ1) is 14.6. The summed E-state index contributed by atoms with van der Waals surface area (Å²) in [6, 6.07) is 8.63. The summed E-state index contributed by atoms with van der Waals surface area (Å²) in [6.45, 7) is 0.279. The maximum atomic E-state index is 10.4. The molecule has 6 atom stereocenters. The van der Waals surface area contributed by atoms with Gasteiger partial charge < -0.3 is 19.3 Å². The summed E-state index contributed by atoms with van der Waals surface area (Å²) in [6.07, 6.45) is -2.62. The minimum absolute atomic E-state index is 0.279. The van der Waals surface area contributed by atoms with Crippen LogP contribution < -0.4 is 0 Å². The summed E-state index contributed by atoms with van der Waals surface area (Å²) in [5.41, 5.74) is 8.75. The number of thiol groups is 1. The van der Waals surface area contributed by atoms with Gasteiger partial charge in [-0.05, 0) is 5.53 Å². The molecule has 0 amide bonds. The van der Waals surface area contributed by atoms with E-state index in [-0.39, 0.29) is 6.61 Å². The molecule has 0 aliphatic carbocycles. The highest BCUT2D eigenvalue weighted by Gasteiger charge is 2.48. The molecular weight excluding hydrogens is 294 g/mol. The Morgan fingerprint density at radius 3 is 2.76 bits per heavy atom. The zero-order chi connectivity index (χ0) is 14.8. The third-order valence-corrected chi connectivity index (χ3v) is 4.04. The van der Waals surface area contributed by atoms with Crippen molar-refractivity contribution in [3.05, 3.63) is 46.3 Å². The summed E-state index contributed by atoms with van der Waals surface area (Å²) < 4.78 is 17.0. The molecule has 2 aliphatic heterocycles. The van der Waals surface area contributed by atoms with E-state index in [1.54, 1.807) is 0 Å². The van der Waals surface area contributed by atoms with Crippen molar-refractivity contribution in [2.75, 3.05) is 6.61 Å². The highest BCUT2D eigenvalue weighted by Crippen LogP contribution is 2.35. The number of aliphatic hydroxyl groups is 1. The molecule has 0 saturated carbocycles. The highest BCUT2D eigenvalue weighted by molar-refractivity contribution is 7.80. The van der Waals surface area contributed by atoms with Crippen molar-refractivity contribution in [2.45, 2.75) is 36.1 Å². The maximum Gasteiger partial charge on any atom is 0.184 e. The van der Waals surface area contributed by atoms with Gasteiger partial charge in [-0.2, -0.15) is 0 Å². The number of azide groups is 1. The predicted octanol–water partition coefficient (Wildman–Crippen LogP) is 1.80. The van der Waals surface area contributed by atoms with E-state index in [1.807, 2.05) is 30.3 Å². The molecule has 2 saturated heterocycles. The van der Waals surface area contributed by atoms with Gasteiger partial charge >= 0.3 is 0 Å². The Bertz CT molecular complexity index is 539. The van der Waals surface area contributed by atoms with Crippen molar-refractivity contribution in [1.82, 2.24) is 0 Å². The van der Waals surface area contributed by atoms with Crippen molar-refractivity contribution >= 4 is 12.6 Å². The Kier molecular flexibility index (Phi) is 4.34. The Balaban J connectivity index is 1.78. The molecule has 0 aromatic heterocycles. The van der Waals surface area contributed by atoms with Gasteiger partial charge in [0, 0.05) is 10.5 Å². The molecule has 2 aliphatic rings. The van der Waals surface area contributed by atoms with Crippen molar-refractivity contribution in [1.29, 1.82) is 0 Å². The van der Waals surface area contributed by atoms with E-state index < -0.39 is 36.1 Å². The first-order valence-corrected chi connectivity index (χ1v) is 7.10. The minimum Gasteiger partial charge on any atom is -0.390 e. The molecule has 1 aromatic carbocycles. The number of ether oxygens (including phenoxy) is 3. The standard InChI is InChI=1S/C13H15N3O4S/c14-16-15-9-10(17)11-8(19-13(9)21)6-18-12(20-11)7-4-2-1-3-5-7/h1-5,8-13,17,21H,6H2/t8-,9-,10-,11-,12?,13?/m1/s1. The largest absolute Gasteiger partial charge is 0.390 e. The topological polar surface area (TPSA) is 96.7 Å². The first-order chi connectivity index (χ1) is 10.2. The number of rotatable bonds is 2. The van der Waals surface area contributed by atoms with E-state index in [0.29, 0.717) is 0 Å². The number of fused-ring (bicyclic) bond motifs is 1. The summed E-state index contributed by atoms with van der Waals surface area (Å²) in [7, 11) is 0. The third kappa shape index (κ3) is 2.87. The molecule has 21 heavy (non-hydrogen) atoms. The van der Waals surface area contributed by atoms with E-state index in [9.17, 15) is 5.11 Å². The Morgan fingerprint density at radius 2 is 2.05 bits per heavy atom. The van der Waals surface area contributed by atoms with Gasteiger partial charge in [0.05, 0.1) is 12.7 Å². The van der Waals surface area contributed by atoms with Crippen molar-refractivity contribution in [2.24, 2.45) is 5.11 Å². The Morgan fingerprint density at radius 1 is 1.29 bits per heavy atom. The summed E-state index contributed by atoms with van der Waals surface area (Å²) in [4.78, 5) is 2.72. The fraction of sp³-hybridized carbons (Fsp3) is 0.538. The SMILES string of the molecule is [N-]=[N+]=N[C@H]1C(S)O[C@@H]2COC(c3ccccc3)O[C@H]2[C@@H]1O. The molecule has 1 N–H and O–H groups in total. The van der Waals surface area contributed by atoms with Crippen molar-refractivity contribution in [3.8, 4) is 0 Å². The van der Waals surface area contributed by atoms with Crippen molar-refractivity contribution in [3.63, 3.8) is 0 Å². The van der Waals surface area contributed by atoms with E-state index in [2.05, 4.69) is 22.7 Å². The fourth-order valence-corrected chi connectivity index (χ4v) is 2.95. The summed E-state index contributed by atoms with van der Waals surface area (Å²) in [5, 5.41) is 13.9. The van der Waals surface area contributed by atoms with Crippen LogP contribution in [-0.4, -0.2) is 41.5 Å². The van der Waals surface area contributed by atoms with Crippen LogP contribution in [0.2, 0.25) is 0 Å². The average molecular weight is 309 g/mol. The minimum atomic E-state index is -0.989. The number of aliphatic hydroxyl groups excluding tert-OH is 1. The van der Waals surface area contributed by atoms with Crippen LogP contribution >= 0.6 is 12.6 Å². The lowest BCUT2D eigenvalue weighted by molar-refractivity contribution is -0.305. The first-order valence-electron chi connectivity index (χ1n) is 6.58. The molecule has 8 heteroatoms. The van der Waals surface area contributed by atoms with Crippen LogP contribution in [0.25, 0.3) is 10.4 Å². The van der Waals surface area contributed by atoms with E-state index in [1.165, 1.54) is 0 Å². The second-order valence-electron chi connectivity index (χ2n) is 4.93. The molecule has 2 fully saturated rings. The zero-order valence-corrected chi connectivity index (χ0v) is 11.9. The molecule has 7 nitrogen and oxygen atoms in total. The van der Waals surface area contributed by atoms with Crippen LogP contribution in [0.15, 0.2) is 35.4 Å². The van der Waals surface area contributed by atoms with Crippen LogP contribution in [0, 0.1) is 0 Å². The van der Waals surface area contributed by atoms with E-state index >= 15 is 0 Å². The number of hydrogen-bond acceptors (Lipinski definition) is 6. The smallest absolute Gasteiger partial charge is 0.184 e. The summed E-state index contributed by atoms with van der Waals surface area (Å²) >= 11 is 4.20. The van der Waals surface area contributed by atoms with Gasteiger partial charge in [0.2, 0.25) is 0 Å². The van der Waals surface area contributed by atoms with Crippen LogP contribution in [0.5, 0.6) is 0 Å². The van der Waals surface area contributed by atoms with Gasteiger partial charge in [-0.1, -0.05) is 35.4 Å². The monoisotopic (exact) mass is 309 g/mol. The summed E-state index contributed by atoms with van der Waals surface area (Å²) in [5.74, 6) is 0. The lowest BCUT2D eigenvalue weighted by Gasteiger charge is -2.45. The molecular formula is C13H15N3O4S. The Labute approximate surface area is 126 Å². The van der Waals surface area contributed by atoms with Crippen LogP contribution in [-0.2, 0) is 14.2 Å². The van der Waals surface area contributed by atoms with Gasteiger partial charge in [0.15, 0.2) is 6.29 Å². The predicted molar refractivity (Wildman–Crippen MR) is 76.6 cm³/mol. The molecule has 3 rings (SSSR count). The van der Waals surface area contributed by atoms with Gasteiger partial charge in [0.1, 0.15) is 23.7 Å². The van der Waals surface area contributed by atoms with Gasteiger partial charge in [-0.15, -0.1) is 12.6 Å². The lowest BCUT2D eigenvalue weighted by atomic mass is 9.97. The molecule has 112 valence electrons. The molecule has 2 unspecified atom stereocenters. The highest BCUT2D eigenvalue weighted by atomic mass is 32.1. The second-order valence-corrected chi connectivity index (χ2v) is 5.44. The van der Waals surface area contributed by atoms with Crippen molar-refractivity contribution < 1.29 is 19.3 Å².